The first-order valence-electron chi connectivity index (χ1n) is 11.3. The molecule has 3 aliphatic rings. The Labute approximate surface area is 174 Å². The molecule has 1 saturated carbocycles. The van der Waals surface area contributed by atoms with Crippen molar-refractivity contribution >= 4 is 11.8 Å². The van der Waals surface area contributed by atoms with Crippen LogP contribution in [0.5, 0.6) is 0 Å². The van der Waals surface area contributed by atoms with Crippen molar-refractivity contribution in [1.82, 2.24) is 9.80 Å². The molecule has 5 heteroatoms. The zero-order valence-electron chi connectivity index (χ0n) is 17.4. The molecule has 5 nitrogen and oxygen atoms in total. The van der Waals surface area contributed by atoms with E-state index in [1.807, 2.05) is 18.2 Å². The Morgan fingerprint density at radius 2 is 1.69 bits per heavy atom. The lowest BCUT2D eigenvalue weighted by Gasteiger charge is -2.25. The van der Waals surface area contributed by atoms with Gasteiger partial charge in [-0.15, -0.1) is 0 Å². The number of amides is 2. The molecular formula is C24H34N3O2. The number of fused-ring (bicyclic) bond motifs is 1. The molecule has 2 amide bonds. The number of nitrogens with two attached hydrogens (primary N) is 1. The molecule has 1 aromatic carbocycles. The highest BCUT2D eigenvalue weighted by Crippen LogP contribution is 2.33. The zero-order valence-corrected chi connectivity index (χ0v) is 17.4. The number of likely N-dealkylation sites (tertiary alicyclic amines) is 2. The normalized spacial score (nSPS) is 25.3. The number of carbonyl (C=O) groups excluding carboxylic acids is 2. The van der Waals surface area contributed by atoms with Crippen LogP contribution in [0, 0.1) is 24.2 Å². The second-order valence-electron chi connectivity index (χ2n) is 9.23. The van der Waals surface area contributed by atoms with Crippen LogP contribution in [0.4, 0.5) is 0 Å². The van der Waals surface area contributed by atoms with E-state index >= 15 is 0 Å². The maximum atomic E-state index is 12.7. The van der Waals surface area contributed by atoms with E-state index in [1.54, 1.807) is 6.07 Å². The monoisotopic (exact) mass is 396 g/mol. The summed E-state index contributed by atoms with van der Waals surface area (Å²) >= 11 is 0. The summed E-state index contributed by atoms with van der Waals surface area (Å²) in [6, 6.07) is 7.53. The summed E-state index contributed by atoms with van der Waals surface area (Å²) in [5.74, 6) is 1.92. The molecule has 4 rings (SSSR count). The molecule has 3 fully saturated rings. The highest BCUT2D eigenvalue weighted by molar-refractivity contribution is 5.94. The number of primary amides is 1. The summed E-state index contributed by atoms with van der Waals surface area (Å²) < 4.78 is 0. The van der Waals surface area contributed by atoms with Crippen molar-refractivity contribution in [2.45, 2.75) is 44.9 Å². The molecule has 1 aliphatic carbocycles. The molecule has 2 aliphatic heterocycles. The van der Waals surface area contributed by atoms with E-state index in [2.05, 4.69) is 16.2 Å². The van der Waals surface area contributed by atoms with Crippen molar-refractivity contribution in [3.05, 3.63) is 41.8 Å². The summed E-state index contributed by atoms with van der Waals surface area (Å²) in [5.41, 5.74) is 6.99. The van der Waals surface area contributed by atoms with Gasteiger partial charge in [0.1, 0.15) is 0 Å². The predicted molar refractivity (Wildman–Crippen MR) is 114 cm³/mol. The largest absolute Gasteiger partial charge is 0.366 e. The fraction of sp³-hybridized carbons (Fsp3) is 0.625. The van der Waals surface area contributed by atoms with Crippen LogP contribution in [0.15, 0.2) is 24.3 Å². The van der Waals surface area contributed by atoms with Crippen molar-refractivity contribution in [2.75, 3.05) is 32.7 Å². The second kappa shape index (κ2) is 9.29. The van der Waals surface area contributed by atoms with Gasteiger partial charge in [-0.3, -0.25) is 9.59 Å². The molecular weight excluding hydrogens is 362 g/mol. The van der Waals surface area contributed by atoms with E-state index in [-0.39, 0.29) is 5.91 Å². The van der Waals surface area contributed by atoms with Crippen LogP contribution in [0.1, 0.15) is 60.9 Å². The number of benzene rings is 1. The van der Waals surface area contributed by atoms with Gasteiger partial charge in [-0.2, -0.15) is 0 Å². The van der Waals surface area contributed by atoms with Crippen molar-refractivity contribution in [1.29, 1.82) is 0 Å². The standard InChI is InChI=1S/C24H34N3O2/c25-24(29)22-11-5-4-9-19(22)10-6-12-26-14-20-16-27(17-21(20)15-26)23(28)13-18-7-2-1-3-8-18/h4-5,9-11,18,20-21H,1-3,6-8,12-17H2,(H2,25,29)/t20-,21?/m0/s1. The van der Waals surface area contributed by atoms with E-state index in [0.29, 0.717) is 29.2 Å². The van der Waals surface area contributed by atoms with Crippen LogP contribution in [0.25, 0.3) is 0 Å². The number of nitrogens with zero attached hydrogens (tertiary/aromatic N) is 2. The number of carbonyl (C=O) groups is 2. The third-order valence-corrected chi connectivity index (χ3v) is 7.14. The summed E-state index contributed by atoms with van der Waals surface area (Å²) in [6.45, 7) is 5.06. The Morgan fingerprint density at radius 1 is 1.00 bits per heavy atom. The van der Waals surface area contributed by atoms with E-state index in [9.17, 15) is 9.59 Å². The number of hydrogen-bond donors (Lipinski definition) is 1. The first kappa shape index (κ1) is 20.4. The smallest absolute Gasteiger partial charge is 0.248 e. The van der Waals surface area contributed by atoms with Crippen LogP contribution in [-0.2, 0) is 4.79 Å². The van der Waals surface area contributed by atoms with E-state index < -0.39 is 0 Å². The zero-order chi connectivity index (χ0) is 20.2. The fourth-order valence-electron chi connectivity index (χ4n) is 5.55. The average Bonchev–Trinajstić information content (AvgIpc) is 3.28. The van der Waals surface area contributed by atoms with Crippen LogP contribution in [-0.4, -0.2) is 54.3 Å². The van der Waals surface area contributed by atoms with Crippen molar-refractivity contribution in [3.8, 4) is 0 Å². The minimum atomic E-state index is -0.370. The summed E-state index contributed by atoms with van der Waals surface area (Å²) in [5, 5.41) is 0. The Kier molecular flexibility index (Phi) is 6.53. The first-order chi connectivity index (χ1) is 14.1. The Balaban J connectivity index is 1.19. The summed E-state index contributed by atoms with van der Waals surface area (Å²) in [6.07, 6.45) is 10.3. The van der Waals surface area contributed by atoms with Gasteiger partial charge in [-0.25, -0.2) is 0 Å². The van der Waals surface area contributed by atoms with Crippen LogP contribution < -0.4 is 5.73 Å². The lowest BCUT2D eigenvalue weighted by Crippen LogP contribution is -2.34. The number of hydrogen-bond acceptors (Lipinski definition) is 3. The molecule has 2 heterocycles. The molecule has 1 radical (unpaired) electrons. The maximum absolute atomic E-state index is 12.7. The van der Waals surface area contributed by atoms with Gasteiger partial charge in [-0.1, -0.05) is 37.5 Å². The van der Waals surface area contributed by atoms with Crippen LogP contribution >= 0.6 is 0 Å². The van der Waals surface area contributed by atoms with Crippen molar-refractivity contribution in [2.24, 2.45) is 23.5 Å². The van der Waals surface area contributed by atoms with Gasteiger partial charge in [0.2, 0.25) is 11.8 Å². The minimum absolute atomic E-state index is 0.370. The van der Waals surface area contributed by atoms with Crippen LogP contribution in [0.3, 0.4) is 0 Å². The minimum Gasteiger partial charge on any atom is -0.366 e. The Bertz CT molecular complexity index is 715. The van der Waals surface area contributed by atoms with E-state index in [0.717, 1.165) is 51.1 Å². The van der Waals surface area contributed by atoms with Gasteiger partial charge in [0.25, 0.3) is 0 Å². The molecule has 0 bridgehead atoms. The van der Waals surface area contributed by atoms with Gasteiger partial charge in [0.15, 0.2) is 0 Å². The van der Waals surface area contributed by atoms with Gasteiger partial charge in [0, 0.05) is 38.2 Å². The number of rotatable bonds is 7. The fourth-order valence-corrected chi connectivity index (χ4v) is 5.55. The first-order valence-corrected chi connectivity index (χ1v) is 11.3. The van der Waals surface area contributed by atoms with Crippen molar-refractivity contribution < 1.29 is 9.59 Å². The summed E-state index contributed by atoms with van der Waals surface area (Å²) in [7, 11) is 0. The molecule has 2 saturated heterocycles. The maximum Gasteiger partial charge on any atom is 0.248 e. The quantitative estimate of drug-likeness (QED) is 0.770. The third-order valence-electron chi connectivity index (χ3n) is 7.14. The lowest BCUT2D eigenvalue weighted by atomic mass is 9.87. The van der Waals surface area contributed by atoms with E-state index in [1.165, 1.54) is 32.1 Å². The SMILES string of the molecule is NC(=O)c1ccccc1[CH]CCN1CC2CN(C(=O)CC3CCCCC3)C[C@@H]2C1. The van der Waals surface area contributed by atoms with Gasteiger partial charge in [-0.05, 0) is 61.6 Å². The van der Waals surface area contributed by atoms with E-state index in [4.69, 9.17) is 5.73 Å². The topological polar surface area (TPSA) is 66.6 Å². The second-order valence-corrected chi connectivity index (χ2v) is 9.23. The van der Waals surface area contributed by atoms with Gasteiger partial charge >= 0.3 is 0 Å². The van der Waals surface area contributed by atoms with Crippen molar-refractivity contribution in [3.63, 3.8) is 0 Å². The van der Waals surface area contributed by atoms with Gasteiger partial charge in [0.05, 0.1) is 0 Å². The highest BCUT2D eigenvalue weighted by atomic mass is 16.2. The molecule has 0 aromatic heterocycles. The molecule has 1 unspecified atom stereocenters. The van der Waals surface area contributed by atoms with Crippen LogP contribution in [0.2, 0.25) is 0 Å². The predicted octanol–water partition coefficient (Wildman–Crippen LogP) is 3.09. The molecule has 1 aromatic rings. The molecule has 2 atom stereocenters. The molecule has 0 spiro atoms. The highest BCUT2D eigenvalue weighted by Gasteiger charge is 2.41. The van der Waals surface area contributed by atoms with Gasteiger partial charge < -0.3 is 15.5 Å². The molecule has 29 heavy (non-hydrogen) atoms. The Morgan fingerprint density at radius 3 is 2.38 bits per heavy atom. The average molecular weight is 397 g/mol. The third kappa shape index (κ3) is 5.00. The lowest BCUT2D eigenvalue weighted by molar-refractivity contribution is -0.131. The molecule has 2 N–H and O–H groups in total. The molecule has 157 valence electrons. The Hall–Kier alpha value is -1.88. The summed E-state index contributed by atoms with van der Waals surface area (Å²) in [4.78, 5) is 28.9.